The normalized spacial score (nSPS) is 18.3. The van der Waals surface area contributed by atoms with E-state index in [0.29, 0.717) is 49.3 Å². The van der Waals surface area contributed by atoms with Crippen LogP contribution in [0.2, 0.25) is 0 Å². The zero-order chi connectivity index (χ0) is 20.3. The van der Waals surface area contributed by atoms with Crippen LogP contribution in [0.25, 0.3) is 11.4 Å². The van der Waals surface area contributed by atoms with E-state index in [1.807, 2.05) is 0 Å². The predicted octanol–water partition coefficient (Wildman–Crippen LogP) is 2.51. The van der Waals surface area contributed by atoms with E-state index in [0.717, 1.165) is 25.7 Å². The highest BCUT2D eigenvalue weighted by Gasteiger charge is 2.27. The maximum Gasteiger partial charge on any atom is 0.243 e. The molecule has 156 valence electrons. The van der Waals surface area contributed by atoms with Gasteiger partial charge < -0.3 is 9.84 Å². The lowest BCUT2D eigenvalue weighted by atomic mass is 10.2. The Morgan fingerprint density at radius 1 is 1.10 bits per heavy atom. The Hall–Kier alpha value is -2.26. The van der Waals surface area contributed by atoms with Crippen LogP contribution in [0.15, 0.2) is 33.7 Å². The highest BCUT2D eigenvalue weighted by Crippen LogP contribution is 2.24. The van der Waals surface area contributed by atoms with Crippen LogP contribution >= 0.6 is 0 Å². The van der Waals surface area contributed by atoms with Crippen molar-refractivity contribution in [3.05, 3.63) is 30.2 Å². The Balaban J connectivity index is 1.35. The van der Waals surface area contributed by atoms with Gasteiger partial charge in [-0.15, -0.1) is 0 Å². The quantitative estimate of drug-likeness (QED) is 0.741. The fraction of sp³-hybridized carbons (Fsp3) is 0.550. The van der Waals surface area contributed by atoms with Gasteiger partial charge in [0.25, 0.3) is 0 Å². The first-order valence-corrected chi connectivity index (χ1v) is 11.7. The van der Waals surface area contributed by atoms with Gasteiger partial charge in [-0.05, 0) is 49.9 Å². The summed E-state index contributed by atoms with van der Waals surface area (Å²) in [6, 6.07) is 6.83. The molecule has 4 rings (SSSR count). The van der Waals surface area contributed by atoms with Crippen molar-refractivity contribution >= 4 is 15.9 Å². The first-order chi connectivity index (χ1) is 14.0. The van der Waals surface area contributed by atoms with Gasteiger partial charge in [0, 0.05) is 37.5 Å². The van der Waals surface area contributed by atoms with E-state index in [4.69, 9.17) is 4.52 Å². The van der Waals surface area contributed by atoms with Gasteiger partial charge in [-0.2, -0.15) is 9.29 Å². The number of carbonyl (C=O) groups excluding carboxylic acids is 1. The standard InChI is InChI=1S/C20H26N4O4S/c25-18(21-16-5-1-2-6-16)11-12-19-22-20(23-28-19)15-7-9-17(10-8-15)29(26,27)24-13-3-4-14-24/h7-10,16H,1-6,11-14H2,(H,21,25). The number of sulfonamides is 1. The molecule has 1 aliphatic carbocycles. The molecular formula is C20H26N4O4S. The molecule has 1 amide bonds. The molecule has 1 saturated carbocycles. The van der Waals surface area contributed by atoms with Gasteiger partial charge in [0.1, 0.15) is 0 Å². The molecule has 2 aromatic rings. The number of aromatic nitrogens is 2. The summed E-state index contributed by atoms with van der Waals surface area (Å²) in [6.45, 7) is 1.15. The lowest BCUT2D eigenvalue weighted by molar-refractivity contribution is -0.121. The number of amides is 1. The van der Waals surface area contributed by atoms with Crippen LogP contribution in [0.3, 0.4) is 0 Å². The molecule has 1 aromatic heterocycles. The molecule has 0 spiro atoms. The minimum Gasteiger partial charge on any atom is -0.353 e. The summed E-state index contributed by atoms with van der Waals surface area (Å²) in [4.78, 5) is 16.6. The number of hydrogen-bond donors (Lipinski definition) is 1. The zero-order valence-electron chi connectivity index (χ0n) is 16.3. The number of carbonyl (C=O) groups is 1. The molecule has 2 aliphatic rings. The molecule has 29 heavy (non-hydrogen) atoms. The van der Waals surface area contributed by atoms with Crippen molar-refractivity contribution < 1.29 is 17.7 Å². The van der Waals surface area contributed by atoms with Gasteiger partial charge in [0.2, 0.25) is 27.6 Å². The number of rotatable bonds is 7. The summed E-state index contributed by atoms with van der Waals surface area (Å²) in [5.41, 5.74) is 0.677. The van der Waals surface area contributed by atoms with Crippen LogP contribution < -0.4 is 5.32 Å². The van der Waals surface area contributed by atoms with Crippen LogP contribution in [-0.2, 0) is 21.2 Å². The molecule has 2 fully saturated rings. The summed E-state index contributed by atoms with van der Waals surface area (Å²) in [5, 5.41) is 7.00. The molecule has 1 N–H and O–H groups in total. The summed E-state index contributed by atoms with van der Waals surface area (Å²) < 4.78 is 32.0. The number of nitrogens with one attached hydrogen (secondary N) is 1. The predicted molar refractivity (Wildman–Crippen MR) is 106 cm³/mol. The third-order valence-corrected chi connectivity index (χ3v) is 7.48. The molecule has 0 unspecified atom stereocenters. The highest BCUT2D eigenvalue weighted by atomic mass is 32.2. The van der Waals surface area contributed by atoms with E-state index < -0.39 is 10.0 Å². The Kier molecular flexibility index (Phi) is 5.96. The molecule has 0 radical (unpaired) electrons. The maximum atomic E-state index is 12.6. The van der Waals surface area contributed by atoms with Crippen LogP contribution in [0.1, 0.15) is 50.8 Å². The van der Waals surface area contributed by atoms with E-state index in [1.165, 1.54) is 17.1 Å². The molecule has 8 nitrogen and oxygen atoms in total. The third-order valence-electron chi connectivity index (χ3n) is 5.57. The van der Waals surface area contributed by atoms with Crippen LogP contribution in [0, 0.1) is 0 Å². The van der Waals surface area contributed by atoms with Gasteiger partial charge in [0.05, 0.1) is 4.90 Å². The smallest absolute Gasteiger partial charge is 0.243 e. The van der Waals surface area contributed by atoms with Crippen molar-refractivity contribution in [1.82, 2.24) is 19.8 Å². The number of benzene rings is 1. The molecule has 1 saturated heterocycles. The van der Waals surface area contributed by atoms with E-state index in [-0.39, 0.29) is 10.8 Å². The van der Waals surface area contributed by atoms with Gasteiger partial charge in [-0.3, -0.25) is 4.79 Å². The van der Waals surface area contributed by atoms with Crippen LogP contribution in [-0.4, -0.2) is 47.9 Å². The van der Waals surface area contributed by atoms with Crippen molar-refractivity contribution in [3.8, 4) is 11.4 Å². The second-order valence-electron chi connectivity index (χ2n) is 7.70. The van der Waals surface area contributed by atoms with E-state index in [2.05, 4.69) is 15.5 Å². The lowest BCUT2D eigenvalue weighted by Crippen LogP contribution is -2.32. The summed E-state index contributed by atoms with van der Waals surface area (Å²) in [7, 11) is -3.44. The molecule has 0 atom stereocenters. The SMILES string of the molecule is O=C(CCc1nc(-c2ccc(S(=O)(=O)N3CCCC3)cc2)no1)NC1CCCC1. The summed E-state index contributed by atoms with van der Waals surface area (Å²) in [6.07, 6.45) is 6.97. The van der Waals surface area contributed by atoms with E-state index >= 15 is 0 Å². The van der Waals surface area contributed by atoms with E-state index in [1.54, 1.807) is 24.3 Å². The fourth-order valence-corrected chi connectivity index (χ4v) is 5.43. The first kappa shape index (κ1) is 20.0. The number of aryl methyl sites for hydroxylation is 1. The number of nitrogens with zero attached hydrogens (tertiary/aromatic N) is 3. The van der Waals surface area contributed by atoms with Gasteiger partial charge in [-0.1, -0.05) is 18.0 Å². The monoisotopic (exact) mass is 418 g/mol. The lowest BCUT2D eigenvalue weighted by Gasteiger charge is -2.15. The molecule has 1 aliphatic heterocycles. The average Bonchev–Trinajstić information content (AvgIpc) is 3.49. The van der Waals surface area contributed by atoms with Crippen molar-refractivity contribution in [3.63, 3.8) is 0 Å². The minimum atomic E-state index is -3.44. The Morgan fingerprint density at radius 2 is 1.79 bits per heavy atom. The van der Waals surface area contributed by atoms with Crippen molar-refractivity contribution in [1.29, 1.82) is 0 Å². The highest BCUT2D eigenvalue weighted by molar-refractivity contribution is 7.89. The van der Waals surface area contributed by atoms with Crippen LogP contribution in [0.5, 0.6) is 0 Å². The molecule has 9 heteroatoms. The summed E-state index contributed by atoms with van der Waals surface area (Å²) in [5.74, 6) is 0.796. The largest absolute Gasteiger partial charge is 0.353 e. The second-order valence-corrected chi connectivity index (χ2v) is 9.63. The average molecular weight is 419 g/mol. The van der Waals surface area contributed by atoms with Crippen molar-refractivity contribution in [2.24, 2.45) is 0 Å². The molecular weight excluding hydrogens is 392 g/mol. The fourth-order valence-electron chi connectivity index (χ4n) is 3.92. The zero-order valence-corrected chi connectivity index (χ0v) is 17.2. The van der Waals surface area contributed by atoms with Gasteiger partial charge >= 0.3 is 0 Å². The van der Waals surface area contributed by atoms with Crippen LogP contribution in [0.4, 0.5) is 0 Å². The summed E-state index contributed by atoms with van der Waals surface area (Å²) >= 11 is 0. The second kappa shape index (κ2) is 8.62. The third kappa shape index (κ3) is 4.67. The Morgan fingerprint density at radius 3 is 2.48 bits per heavy atom. The maximum absolute atomic E-state index is 12.6. The Labute approximate surface area is 170 Å². The topological polar surface area (TPSA) is 105 Å². The molecule has 1 aromatic carbocycles. The Bertz CT molecular complexity index is 943. The number of hydrogen-bond acceptors (Lipinski definition) is 6. The first-order valence-electron chi connectivity index (χ1n) is 10.2. The minimum absolute atomic E-state index is 0.00752. The molecule has 2 heterocycles. The van der Waals surface area contributed by atoms with Crippen molar-refractivity contribution in [2.45, 2.75) is 62.3 Å². The van der Waals surface area contributed by atoms with Gasteiger partial charge in [-0.25, -0.2) is 8.42 Å². The van der Waals surface area contributed by atoms with Gasteiger partial charge in [0.15, 0.2) is 0 Å². The molecule has 0 bridgehead atoms. The van der Waals surface area contributed by atoms with E-state index in [9.17, 15) is 13.2 Å². The van der Waals surface area contributed by atoms with Crippen molar-refractivity contribution in [2.75, 3.05) is 13.1 Å².